The highest BCUT2D eigenvalue weighted by Crippen LogP contribution is 2.23. The molecule has 1 atom stereocenters. The van der Waals surface area contributed by atoms with Crippen molar-refractivity contribution in [2.75, 3.05) is 33.9 Å². The van der Waals surface area contributed by atoms with E-state index >= 15 is 0 Å². The fourth-order valence-electron chi connectivity index (χ4n) is 3.61. The predicted octanol–water partition coefficient (Wildman–Crippen LogP) is 2.31. The van der Waals surface area contributed by atoms with Crippen molar-refractivity contribution in [1.29, 1.82) is 0 Å². The number of carbonyl (C=O) groups excluding carboxylic acids is 1. The van der Waals surface area contributed by atoms with Crippen molar-refractivity contribution >= 4 is 11.9 Å². The molecule has 1 amide bonds. The number of carboxylic acids is 1. The third-order valence-corrected chi connectivity index (χ3v) is 5.06. The van der Waals surface area contributed by atoms with Crippen molar-refractivity contribution in [3.8, 4) is 5.88 Å². The average molecular weight is 486 g/mol. The lowest BCUT2D eigenvalue weighted by atomic mass is 10.0. The number of rotatable bonds is 8. The molecule has 1 aliphatic heterocycles. The van der Waals surface area contributed by atoms with E-state index in [9.17, 15) is 18.0 Å². The highest BCUT2D eigenvalue weighted by Gasteiger charge is 2.38. The molecule has 1 aliphatic rings. The van der Waals surface area contributed by atoms with Gasteiger partial charge in [0, 0.05) is 69.9 Å². The van der Waals surface area contributed by atoms with Crippen molar-refractivity contribution in [1.82, 2.24) is 19.8 Å². The number of nitrogens with zero attached hydrogens (tertiary/aromatic N) is 3. The first-order chi connectivity index (χ1) is 16.1. The number of nitrogens with one attached hydrogen (secondary N) is 1. The largest absolute Gasteiger partial charge is 0.490 e. The Hall–Kier alpha value is -3.12. The predicted molar refractivity (Wildman–Crippen MR) is 116 cm³/mol. The van der Waals surface area contributed by atoms with Crippen LogP contribution in [0.4, 0.5) is 13.2 Å². The van der Waals surface area contributed by atoms with Crippen molar-refractivity contribution in [2.45, 2.75) is 32.2 Å². The second-order valence-electron chi connectivity index (χ2n) is 7.71. The summed E-state index contributed by atoms with van der Waals surface area (Å²) in [6.07, 6.45) is -0.746. The Morgan fingerprint density at radius 3 is 2.62 bits per heavy atom. The number of alkyl halides is 3. The molecule has 2 aromatic heterocycles. The number of aromatic nitrogens is 2. The van der Waals surface area contributed by atoms with Crippen LogP contribution in [0.15, 0.2) is 36.7 Å². The first-order valence-electron chi connectivity index (χ1n) is 10.5. The molecule has 0 radical (unpaired) electrons. The van der Waals surface area contributed by atoms with Crippen LogP contribution in [0.5, 0.6) is 5.88 Å². The van der Waals surface area contributed by atoms with Gasteiger partial charge in [-0.25, -0.2) is 9.78 Å². The topological polar surface area (TPSA) is 106 Å². The Balaban J connectivity index is 0.000000509. The molecule has 0 spiro atoms. The minimum absolute atomic E-state index is 0.0755. The van der Waals surface area contributed by atoms with Crippen LogP contribution < -0.4 is 10.1 Å². The van der Waals surface area contributed by atoms with Crippen molar-refractivity contribution in [2.24, 2.45) is 5.92 Å². The number of amides is 1. The zero-order valence-corrected chi connectivity index (χ0v) is 19.0. The van der Waals surface area contributed by atoms with Gasteiger partial charge >= 0.3 is 12.1 Å². The number of carboxylic acid groups (broad SMARTS) is 1. The highest BCUT2D eigenvalue weighted by molar-refractivity contribution is 5.76. The van der Waals surface area contributed by atoms with E-state index in [1.54, 1.807) is 20.4 Å². The van der Waals surface area contributed by atoms with Crippen LogP contribution in [0, 0.1) is 5.92 Å². The van der Waals surface area contributed by atoms with Gasteiger partial charge in [-0.3, -0.25) is 9.69 Å². The standard InChI is InChI=1S/C20H28N4O3.C2HF3O2/c1-26-10-8-21-19(25)11-16-12-23(15-18-6-4-9-24(18)13-16)14-17-5-3-7-22-20(17)27-2;3-2(4,5)1(6)7/h3-7,9,16H,8,10-15H2,1-2H3,(H,21,25);(H,6,7). The quantitative estimate of drug-likeness (QED) is 0.552. The van der Waals surface area contributed by atoms with Crippen LogP contribution in [-0.4, -0.2) is 71.5 Å². The molecular weight excluding hydrogens is 457 g/mol. The Morgan fingerprint density at radius 1 is 1.24 bits per heavy atom. The highest BCUT2D eigenvalue weighted by atomic mass is 19.4. The first kappa shape index (κ1) is 27.1. The van der Waals surface area contributed by atoms with E-state index in [0.29, 0.717) is 25.5 Å². The van der Waals surface area contributed by atoms with Crippen molar-refractivity contribution in [3.05, 3.63) is 47.9 Å². The van der Waals surface area contributed by atoms with E-state index in [1.165, 1.54) is 5.69 Å². The Labute approximate surface area is 195 Å². The molecule has 0 bridgehead atoms. The number of pyridine rings is 1. The van der Waals surface area contributed by atoms with Crippen LogP contribution in [0.3, 0.4) is 0 Å². The summed E-state index contributed by atoms with van der Waals surface area (Å²) in [6, 6.07) is 8.19. The van der Waals surface area contributed by atoms with Gasteiger partial charge in [0.05, 0.1) is 13.7 Å². The van der Waals surface area contributed by atoms with Gasteiger partial charge in [0.25, 0.3) is 0 Å². The summed E-state index contributed by atoms with van der Waals surface area (Å²) in [7, 11) is 3.28. The van der Waals surface area contributed by atoms with Gasteiger partial charge in [-0.15, -0.1) is 0 Å². The Kier molecular flexibility index (Phi) is 10.3. The van der Waals surface area contributed by atoms with E-state index in [-0.39, 0.29) is 11.8 Å². The lowest BCUT2D eigenvalue weighted by Crippen LogP contribution is -2.33. The van der Waals surface area contributed by atoms with Crippen LogP contribution in [0.25, 0.3) is 0 Å². The minimum atomic E-state index is -5.08. The van der Waals surface area contributed by atoms with Gasteiger partial charge in [0.15, 0.2) is 0 Å². The molecule has 12 heteroatoms. The first-order valence-corrected chi connectivity index (χ1v) is 10.5. The zero-order chi connectivity index (χ0) is 25.1. The van der Waals surface area contributed by atoms with Crippen molar-refractivity contribution in [3.63, 3.8) is 0 Å². The monoisotopic (exact) mass is 486 g/mol. The van der Waals surface area contributed by atoms with Crippen molar-refractivity contribution < 1.29 is 37.3 Å². The molecule has 0 aromatic carbocycles. The Morgan fingerprint density at radius 2 is 1.97 bits per heavy atom. The third kappa shape index (κ3) is 8.67. The van der Waals surface area contributed by atoms with Crippen LogP contribution in [0.1, 0.15) is 17.7 Å². The maximum atomic E-state index is 12.3. The average Bonchev–Trinajstić information content (AvgIpc) is 3.13. The lowest BCUT2D eigenvalue weighted by Gasteiger charge is -2.24. The fraction of sp³-hybridized carbons (Fsp3) is 0.500. The van der Waals surface area contributed by atoms with E-state index in [1.807, 2.05) is 12.1 Å². The second kappa shape index (κ2) is 12.9. The third-order valence-electron chi connectivity index (χ3n) is 5.06. The van der Waals surface area contributed by atoms with Gasteiger partial charge in [-0.2, -0.15) is 13.2 Å². The zero-order valence-electron chi connectivity index (χ0n) is 19.0. The van der Waals surface area contributed by atoms with Gasteiger partial charge < -0.3 is 24.5 Å². The summed E-state index contributed by atoms with van der Waals surface area (Å²) in [4.78, 5) is 27.9. The number of halogens is 3. The molecule has 3 heterocycles. The molecule has 188 valence electrons. The minimum Gasteiger partial charge on any atom is -0.481 e. The number of aliphatic carboxylic acids is 1. The number of methoxy groups -OCH3 is 2. The van der Waals surface area contributed by atoms with Crippen LogP contribution in [-0.2, 0) is 34.0 Å². The van der Waals surface area contributed by atoms with Gasteiger partial charge in [-0.1, -0.05) is 6.07 Å². The van der Waals surface area contributed by atoms with Gasteiger partial charge in [0.2, 0.25) is 11.8 Å². The maximum absolute atomic E-state index is 12.3. The van der Waals surface area contributed by atoms with E-state index in [4.69, 9.17) is 19.4 Å². The molecule has 9 nitrogen and oxygen atoms in total. The second-order valence-corrected chi connectivity index (χ2v) is 7.71. The SMILES string of the molecule is COCCNC(=O)CC1CN(Cc2cccnc2OC)Cc2cccn2C1.O=C(O)C(F)(F)F. The molecule has 34 heavy (non-hydrogen) atoms. The van der Waals surface area contributed by atoms with Crippen LogP contribution >= 0.6 is 0 Å². The summed E-state index contributed by atoms with van der Waals surface area (Å²) in [5.74, 6) is -1.78. The summed E-state index contributed by atoms with van der Waals surface area (Å²) in [5, 5.41) is 10.1. The number of carbonyl (C=O) groups is 2. The molecular formula is C22H29F3N4O5. The smallest absolute Gasteiger partial charge is 0.481 e. The van der Waals surface area contributed by atoms with Crippen LogP contribution in [0.2, 0.25) is 0 Å². The number of hydrogen-bond donors (Lipinski definition) is 2. The normalized spacial score (nSPS) is 16.0. The summed E-state index contributed by atoms with van der Waals surface area (Å²) in [5.41, 5.74) is 2.32. The van der Waals surface area contributed by atoms with E-state index < -0.39 is 12.1 Å². The molecule has 0 saturated carbocycles. The maximum Gasteiger partial charge on any atom is 0.490 e. The molecule has 3 rings (SSSR count). The molecule has 2 aromatic rings. The number of ether oxygens (including phenoxy) is 2. The van der Waals surface area contributed by atoms with Gasteiger partial charge in [0.1, 0.15) is 0 Å². The summed E-state index contributed by atoms with van der Waals surface area (Å²) in [6.45, 7) is 4.35. The number of fused-ring (bicyclic) bond motifs is 1. The summed E-state index contributed by atoms with van der Waals surface area (Å²) < 4.78 is 44.4. The number of hydrogen-bond acceptors (Lipinski definition) is 6. The summed E-state index contributed by atoms with van der Waals surface area (Å²) >= 11 is 0. The molecule has 0 fully saturated rings. The van der Waals surface area contributed by atoms with E-state index in [0.717, 1.165) is 31.7 Å². The molecule has 0 saturated heterocycles. The Bertz CT molecular complexity index is 935. The van der Waals surface area contributed by atoms with E-state index in [2.05, 4.69) is 38.1 Å². The fourth-order valence-corrected chi connectivity index (χ4v) is 3.61. The lowest BCUT2D eigenvalue weighted by molar-refractivity contribution is -0.192. The molecule has 0 aliphatic carbocycles. The molecule has 2 N–H and O–H groups in total. The molecule has 1 unspecified atom stereocenters. The van der Waals surface area contributed by atoms with Gasteiger partial charge in [-0.05, 0) is 24.1 Å².